The predicted octanol–water partition coefficient (Wildman–Crippen LogP) is 12.6. The van der Waals surface area contributed by atoms with Crippen LogP contribution in [0.4, 0.5) is 8.78 Å². The van der Waals surface area contributed by atoms with Gasteiger partial charge in [0.05, 0.1) is 13.2 Å². The van der Waals surface area contributed by atoms with Gasteiger partial charge in [-0.3, -0.25) is 0 Å². The molecule has 0 aliphatic heterocycles. The van der Waals surface area contributed by atoms with Crippen LogP contribution in [0.3, 0.4) is 0 Å². The van der Waals surface area contributed by atoms with Crippen LogP contribution in [-0.4, -0.2) is 13.2 Å². The Morgan fingerprint density at radius 1 is 0.422 bits per heavy atom. The minimum Gasteiger partial charge on any atom is -0.494 e. The van der Waals surface area contributed by atoms with Gasteiger partial charge in [0.2, 0.25) is 0 Å². The molecule has 0 saturated heterocycles. The average molecular weight is 615 g/mol. The predicted molar refractivity (Wildman–Crippen MR) is 181 cm³/mol. The van der Waals surface area contributed by atoms with Gasteiger partial charge < -0.3 is 14.2 Å². The fraction of sp³-hybridized carbons (Fsp3) is 0.400. The fourth-order valence-electron chi connectivity index (χ4n) is 5.28. The highest BCUT2D eigenvalue weighted by Gasteiger charge is 2.12. The summed E-state index contributed by atoms with van der Waals surface area (Å²) in [6.07, 6.45) is 14.6. The van der Waals surface area contributed by atoms with Crippen LogP contribution in [-0.2, 0) is 0 Å². The molecule has 0 spiro atoms. The van der Waals surface area contributed by atoms with E-state index in [1.54, 1.807) is 12.1 Å². The molecule has 5 heteroatoms. The molecule has 0 fully saturated rings. The lowest BCUT2D eigenvalue weighted by Gasteiger charge is -2.12. The molecule has 0 amide bonds. The molecule has 0 aromatic heterocycles. The first kappa shape index (κ1) is 34.0. The van der Waals surface area contributed by atoms with Gasteiger partial charge >= 0.3 is 0 Å². The zero-order valence-corrected chi connectivity index (χ0v) is 27.0. The highest BCUT2D eigenvalue weighted by molar-refractivity contribution is 5.66. The van der Waals surface area contributed by atoms with Crippen molar-refractivity contribution >= 4 is 0 Å². The van der Waals surface area contributed by atoms with E-state index >= 15 is 8.78 Å². The second kappa shape index (κ2) is 18.8. The zero-order chi connectivity index (χ0) is 31.7. The van der Waals surface area contributed by atoms with Crippen molar-refractivity contribution in [2.45, 2.75) is 90.9 Å². The molecular formula is C40H48F2O3. The van der Waals surface area contributed by atoms with Crippen LogP contribution in [0.5, 0.6) is 23.0 Å². The molecule has 240 valence electrons. The largest absolute Gasteiger partial charge is 0.494 e. The van der Waals surface area contributed by atoms with Gasteiger partial charge in [-0.05, 0) is 83.6 Å². The maximum atomic E-state index is 15.0. The lowest BCUT2D eigenvalue weighted by molar-refractivity contribution is 0.304. The summed E-state index contributed by atoms with van der Waals surface area (Å²) >= 11 is 0. The van der Waals surface area contributed by atoms with E-state index in [9.17, 15) is 0 Å². The highest BCUT2D eigenvalue weighted by Crippen LogP contribution is 2.33. The van der Waals surface area contributed by atoms with E-state index < -0.39 is 11.6 Å². The molecule has 0 radical (unpaired) electrons. The third kappa shape index (κ3) is 11.2. The number of unbranched alkanes of at least 4 members (excludes halogenated alkanes) is 10. The Hall–Kier alpha value is -3.86. The smallest absolute Gasteiger partial charge is 0.166 e. The molecule has 45 heavy (non-hydrogen) atoms. The first-order valence-corrected chi connectivity index (χ1v) is 16.8. The summed E-state index contributed by atoms with van der Waals surface area (Å²) in [6.45, 7) is 5.84. The Labute approximate surface area is 268 Å². The van der Waals surface area contributed by atoms with Gasteiger partial charge in [-0.1, -0.05) is 114 Å². The lowest BCUT2D eigenvalue weighted by Crippen LogP contribution is -1.97. The Morgan fingerprint density at radius 2 is 0.778 bits per heavy atom. The van der Waals surface area contributed by atoms with Crippen molar-refractivity contribution < 1.29 is 23.0 Å². The van der Waals surface area contributed by atoms with Gasteiger partial charge in [0.1, 0.15) is 11.5 Å². The number of halogens is 2. The molecule has 3 nitrogen and oxygen atoms in total. The summed E-state index contributed by atoms with van der Waals surface area (Å²) < 4.78 is 47.4. The summed E-state index contributed by atoms with van der Waals surface area (Å²) in [7, 11) is 0. The van der Waals surface area contributed by atoms with E-state index in [2.05, 4.69) is 13.8 Å². The lowest BCUT2D eigenvalue weighted by atomic mass is 10.0. The van der Waals surface area contributed by atoms with E-state index in [0.29, 0.717) is 24.3 Å². The number of benzene rings is 4. The third-order valence-electron chi connectivity index (χ3n) is 7.99. The molecule has 0 aliphatic carbocycles. The second-order valence-corrected chi connectivity index (χ2v) is 11.7. The van der Waals surface area contributed by atoms with Gasteiger partial charge in [0, 0.05) is 0 Å². The van der Waals surface area contributed by atoms with Crippen LogP contribution in [0.15, 0.2) is 84.9 Å². The van der Waals surface area contributed by atoms with E-state index in [1.165, 1.54) is 88.5 Å². The van der Waals surface area contributed by atoms with E-state index in [1.807, 2.05) is 48.5 Å². The van der Waals surface area contributed by atoms with E-state index in [4.69, 9.17) is 14.2 Å². The molecule has 0 heterocycles. The number of ether oxygens (including phenoxy) is 3. The van der Waals surface area contributed by atoms with Crippen molar-refractivity contribution in [3.8, 4) is 45.3 Å². The van der Waals surface area contributed by atoms with Gasteiger partial charge in [-0.25, -0.2) is 8.78 Å². The Morgan fingerprint density at radius 3 is 1.16 bits per heavy atom. The van der Waals surface area contributed by atoms with Gasteiger partial charge in [0.15, 0.2) is 23.1 Å². The Balaban J connectivity index is 1.27. The summed E-state index contributed by atoms with van der Waals surface area (Å²) in [5.74, 6) is 0.429. The monoisotopic (exact) mass is 614 g/mol. The molecule has 0 bridgehead atoms. The van der Waals surface area contributed by atoms with Gasteiger partial charge in [-0.15, -0.1) is 0 Å². The SMILES string of the molecule is CCCCCCCCOc1ccc(-c2ccc(Oc3ccc(-c4ccc(OCCCCCCCC)cc4)cc3F)c(F)c2)cc1. The number of hydrogen-bond donors (Lipinski definition) is 0. The molecule has 4 aromatic carbocycles. The summed E-state index contributed by atoms with van der Waals surface area (Å²) in [6, 6.07) is 24.7. The molecule has 4 aromatic rings. The van der Waals surface area contributed by atoms with Crippen LogP contribution in [0.25, 0.3) is 22.3 Å². The summed E-state index contributed by atoms with van der Waals surface area (Å²) in [5.41, 5.74) is 3.14. The number of rotatable bonds is 20. The first-order chi connectivity index (χ1) is 22.1. The minimum atomic E-state index is -0.559. The summed E-state index contributed by atoms with van der Waals surface area (Å²) in [4.78, 5) is 0. The normalized spacial score (nSPS) is 11.0. The standard InChI is InChI=1S/C40H48F2O3/c1-3-5-7-9-11-13-27-43-35-21-15-31(16-22-35)33-19-25-39(37(41)29-33)45-40-26-20-34(30-38(40)42)32-17-23-36(24-18-32)44-28-14-12-10-8-6-4-2/h15-26,29-30H,3-14,27-28H2,1-2H3. The fourth-order valence-corrected chi connectivity index (χ4v) is 5.28. The molecule has 4 rings (SSSR count). The highest BCUT2D eigenvalue weighted by atomic mass is 19.1. The van der Waals surface area contributed by atoms with Crippen LogP contribution in [0.2, 0.25) is 0 Å². The third-order valence-corrected chi connectivity index (χ3v) is 7.99. The van der Waals surface area contributed by atoms with Crippen molar-refractivity contribution in [2.24, 2.45) is 0 Å². The van der Waals surface area contributed by atoms with Crippen molar-refractivity contribution in [1.29, 1.82) is 0 Å². The van der Waals surface area contributed by atoms with Crippen molar-refractivity contribution in [3.63, 3.8) is 0 Å². The van der Waals surface area contributed by atoms with Crippen LogP contribution >= 0.6 is 0 Å². The second-order valence-electron chi connectivity index (χ2n) is 11.7. The molecule has 0 saturated carbocycles. The molecule has 0 aliphatic rings. The molecule has 0 N–H and O–H groups in total. The Kier molecular flexibility index (Phi) is 14.2. The maximum Gasteiger partial charge on any atom is 0.166 e. The van der Waals surface area contributed by atoms with E-state index in [0.717, 1.165) is 35.5 Å². The van der Waals surface area contributed by atoms with Crippen molar-refractivity contribution in [2.75, 3.05) is 13.2 Å². The number of hydrogen-bond acceptors (Lipinski definition) is 3. The topological polar surface area (TPSA) is 27.7 Å². The van der Waals surface area contributed by atoms with Crippen molar-refractivity contribution in [3.05, 3.63) is 96.6 Å². The van der Waals surface area contributed by atoms with Gasteiger partial charge in [0.25, 0.3) is 0 Å². The summed E-state index contributed by atoms with van der Waals surface area (Å²) in [5, 5.41) is 0. The Bertz CT molecular complexity index is 1310. The van der Waals surface area contributed by atoms with Crippen LogP contribution < -0.4 is 14.2 Å². The van der Waals surface area contributed by atoms with Crippen LogP contribution in [0, 0.1) is 11.6 Å². The van der Waals surface area contributed by atoms with Crippen molar-refractivity contribution in [1.82, 2.24) is 0 Å². The quantitative estimate of drug-likeness (QED) is 0.0927. The molecule has 0 unspecified atom stereocenters. The first-order valence-electron chi connectivity index (χ1n) is 16.8. The minimum absolute atomic E-state index is 0.0313. The average Bonchev–Trinajstić information content (AvgIpc) is 3.06. The molecule has 0 atom stereocenters. The van der Waals surface area contributed by atoms with Gasteiger partial charge in [-0.2, -0.15) is 0 Å². The van der Waals surface area contributed by atoms with Crippen LogP contribution in [0.1, 0.15) is 90.9 Å². The zero-order valence-electron chi connectivity index (χ0n) is 27.0. The van der Waals surface area contributed by atoms with E-state index in [-0.39, 0.29) is 11.5 Å². The maximum absolute atomic E-state index is 15.0. The molecular weight excluding hydrogens is 566 g/mol.